The maximum Gasteiger partial charge on any atom is 0.403 e. The van der Waals surface area contributed by atoms with Gasteiger partial charge in [0.05, 0.1) is 24.4 Å². The highest BCUT2D eigenvalue weighted by molar-refractivity contribution is 5.71. The van der Waals surface area contributed by atoms with Gasteiger partial charge in [-0.3, -0.25) is 13.9 Å². The summed E-state index contributed by atoms with van der Waals surface area (Å²) in [5.74, 6) is -1.16. The number of H-pyrrole nitrogens is 1. The molecule has 3 rings (SSSR count). The predicted molar refractivity (Wildman–Crippen MR) is 76.9 cm³/mol. The van der Waals surface area contributed by atoms with Crippen LogP contribution in [-0.2, 0) is 18.4 Å². The predicted octanol–water partition coefficient (Wildman–Crippen LogP) is -2.24. The second-order valence-corrected chi connectivity index (χ2v) is 5.08. The van der Waals surface area contributed by atoms with E-state index in [0.29, 0.717) is 10.5 Å². The first-order valence-electron chi connectivity index (χ1n) is 6.77. The van der Waals surface area contributed by atoms with Gasteiger partial charge >= 0.3 is 11.6 Å². The lowest BCUT2D eigenvalue weighted by Gasteiger charge is -2.06. The van der Waals surface area contributed by atoms with E-state index in [1.54, 1.807) is 16.8 Å². The molecule has 0 unspecified atom stereocenters. The van der Waals surface area contributed by atoms with E-state index in [9.17, 15) is 19.5 Å². The van der Waals surface area contributed by atoms with Crippen molar-refractivity contribution in [3.63, 3.8) is 0 Å². The number of nitrogens with zero attached hydrogens (tertiary/aromatic N) is 4. The van der Waals surface area contributed by atoms with E-state index in [2.05, 4.69) is 9.97 Å². The molecule has 0 atom stereocenters. The Morgan fingerprint density at radius 2 is 2.13 bits per heavy atom. The number of carbonyl (C=O) groups is 1. The van der Waals surface area contributed by atoms with Crippen LogP contribution in [0.1, 0.15) is 5.69 Å². The van der Waals surface area contributed by atoms with Crippen LogP contribution >= 0.6 is 0 Å². The highest BCUT2D eigenvalue weighted by Gasteiger charge is 2.22. The van der Waals surface area contributed by atoms with Crippen LogP contribution in [0.5, 0.6) is 0 Å². The molecule has 0 saturated heterocycles. The van der Waals surface area contributed by atoms with E-state index >= 15 is 0 Å². The zero-order valence-corrected chi connectivity index (χ0v) is 12.4. The number of carboxylic acid groups (broad SMARTS) is 1. The lowest BCUT2D eigenvalue weighted by atomic mass is 10.4. The number of aliphatic carboxylic acids is 1. The Hall–Kier alpha value is -3.23. The molecule has 0 amide bonds. The summed E-state index contributed by atoms with van der Waals surface area (Å²) in [6, 6.07) is 5.52. The molecule has 0 saturated carbocycles. The molecule has 0 radical (unpaired) electrons. The number of carbonyl (C=O) groups excluding carboxylic acids is 1. The summed E-state index contributed by atoms with van der Waals surface area (Å²) in [4.78, 5) is 42.3. The average Bonchev–Trinajstić information content (AvgIpc) is 2.95. The van der Waals surface area contributed by atoms with E-state index in [-0.39, 0.29) is 11.2 Å². The molecule has 3 aromatic heterocycles. The smallest absolute Gasteiger partial charge is 0.403 e. The average molecular weight is 315 g/mol. The molecule has 0 bridgehead atoms. The van der Waals surface area contributed by atoms with Crippen LogP contribution in [0.25, 0.3) is 17.1 Å². The third-order valence-corrected chi connectivity index (χ3v) is 3.55. The van der Waals surface area contributed by atoms with Crippen molar-refractivity contribution in [2.75, 3.05) is 0 Å². The molecule has 3 heterocycles. The maximum absolute atomic E-state index is 12.3. The van der Waals surface area contributed by atoms with E-state index < -0.39 is 23.8 Å². The summed E-state index contributed by atoms with van der Waals surface area (Å²) in [5, 5.41) is 10.7. The summed E-state index contributed by atoms with van der Waals surface area (Å²) >= 11 is 0. The topological polar surface area (TPSA) is 117 Å². The summed E-state index contributed by atoms with van der Waals surface area (Å²) in [6.07, 6.45) is 1.75. The van der Waals surface area contributed by atoms with Gasteiger partial charge in [0.1, 0.15) is 0 Å². The maximum atomic E-state index is 12.3. The molecule has 0 aliphatic carbocycles. The Bertz CT molecular complexity index is 1040. The van der Waals surface area contributed by atoms with E-state index in [0.717, 1.165) is 10.3 Å². The summed E-state index contributed by atoms with van der Waals surface area (Å²) in [7, 11) is 1.42. The van der Waals surface area contributed by atoms with Gasteiger partial charge in [-0.25, -0.2) is 14.3 Å². The molecular formula is C14H13N5O4. The third-order valence-electron chi connectivity index (χ3n) is 3.55. The number of carboxylic acids is 1. The second kappa shape index (κ2) is 5.20. The van der Waals surface area contributed by atoms with Gasteiger partial charge in [0.2, 0.25) is 5.52 Å². The highest BCUT2D eigenvalue weighted by atomic mass is 16.4. The van der Waals surface area contributed by atoms with Crippen LogP contribution in [0.2, 0.25) is 0 Å². The van der Waals surface area contributed by atoms with Crippen molar-refractivity contribution in [1.82, 2.24) is 19.1 Å². The molecule has 0 spiro atoms. The van der Waals surface area contributed by atoms with Gasteiger partial charge in [0, 0.05) is 7.05 Å². The first-order chi connectivity index (χ1) is 10.9. The van der Waals surface area contributed by atoms with E-state index in [1.165, 1.54) is 7.05 Å². The lowest BCUT2D eigenvalue weighted by molar-refractivity contribution is -0.609. The molecule has 0 aliphatic rings. The number of aromatic nitrogens is 5. The number of imidazole rings is 1. The normalized spacial score (nSPS) is 11.0. The number of hydrogen-bond donors (Lipinski definition) is 1. The monoisotopic (exact) mass is 315 g/mol. The van der Waals surface area contributed by atoms with Gasteiger partial charge in [0.25, 0.3) is 11.2 Å². The Labute approximate surface area is 129 Å². The molecule has 0 fully saturated rings. The quantitative estimate of drug-likeness (QED) is 0.548. The van der Waals surface area contributed by atoms with Crippen molar-refractivity contribution in [3.8, 4) is 5.95 Å². The molecule has 3 aromatic rings. The van der Waals surface area contributed by atoms with Crippen molar-refractivity contribution < 1.29 is 14.5 Å². The number of aromatic amines is 1. The SMILES string of the molecule is Cc1cccc[n+]1-c1nc2c([nH]1)c(=O)n(CC(=O)[O-])c(=O)n2C. The van der Waals surface area contributed by atoms with Gasteiger partial charge in [-0.1, -0.05) is 6.07 Å². The molecular weight excluding hydrogens is 302 g/mol. The second-order valence-electron chi connectivity index (χ2n) is 5.08. The third kappa shape index (κ3) is 2.31. The zero-order chi connectivity index (χ0) is 16.7. The van der Waals surface area contributed by atoms with Crippen molar-refractivity contribution in [1.29, 1.82) is 0 Å². The van der Waals surface area contributed by atoms with Gasteiger partial charge in [-0.05, 0) is 24.0 Å². The highest BCUT2D eigenvalue weighted by Crippen LogP contribution is 2.05. The van der Waals surface area contributed by atoms with Crippen LogP contribution in [-0.4, -0.2) is 25.1 Å². The Morgan fingerprint density at radius 1 is 1.39 bits per heavy atom. The number of pyridine rings is 1. The first kappa shape index (κ1) is 14.7. The number of nitrogens with one attached hydrogen (secondary N) is 1. The number of aryl methyl sites for hydroxylation is 2. The summed E-state index contributed by atoms with van der Waals surface area (Å²) in [6.45, 7) is 1.05. The molecule has 9 nitrogen and oxygen atoms in total. The Balaban J connectivity index is 2.33. The fourth-order valence-electron chi connectivity index (χ4n) is 2.39. The lowest BCUT2D eigenvalue weighted by Crippen LogP contribution is -2.43. The molecule has 118 valence electrons. The zero-order valence-electron chi connectivity index (χ0n) is 12.4. The van der Waals surface area contributed by atoms with Crippen LogP contribution in [0.4, 0.5) is 0 Å². The van der Waals surface area contributed by atoms with Crippen LogP contribution in [0.15, 0.2) is 34.0 Å². The number of rotatable bonds is 3. The Kier molecular flexibility index (Phi) is 3.32. The largest absolute Gasteiger partial charge is 0.548 e. The van der Waals surface area contributed by atoms with Crippen molar-refractivity contribution in [2.45, 2.75) is 13.5 Å². The van der Waals surface area contributed by atoms with Gasteiger partial charge < -0.3 is 9.90 Å². The first-order valence-corrected chi connectivity index (χ1v) is 6.77. The van der Waals surface area contributed by atoms with Crippen LogP contribution in [0, 0.1) is 6.92 Å². The number of fused-ring (bicyclic) bond motifs is 1. The van der Waals surface area contributed by atoms with Crippen LogP contribution in [0.3, 0.4) is 0 Å². The summed E-state index contributed by atoms with van der Waals surface area (Å²) in [5.41, 5.74) is -0.439. The van der Waals surface area contributed by atoms with E-state index in [4.69, 9.17) is 0 Å². The van der Waals surface area contributed by atoms with Crippen molar-refractivity contribution in [2.24, 2.45) is 7.05 Å². The number of hydrogen-bond acceptors (Lipinski definition) is 5. The van der Waals surface area contributed by atoms with Crippen molar-refractivity contribution in [3.05, 3.63) is 50.9 Å². The van der Waals surface area contributed by atoms with Gasteiger partial charge in [0.15, 0.2) is 0 Å². The fourth-order valence-corrected chi connectivity index (χ4v) is 2.39. The van der Waals surface area contributed by atoms with E-state index in [1.807, 2.05) is 19.1 Å². The molecule has 1 N–H and O–H groups in total. The van der Waals surface area contributed by atoms with Crippen LogP contribution < -0.4 is 20.9 Å². The van der Waals surface area contributed by atoms with Crippen molar-refractivity contribution >= 4 is 17.1 Å². The minimum atomic E-state index is -1.52. The minimum absolute atomic E-state index is 0.0547. The molecule has 9 heteroatoms. The van der Waals surface area contributed by atoms with Gasteiger partial charge in [-0.2, -0.15) is 0 Å². The molecule has 0 aromatic carbocycles. The standard InChI is InChI=1S/C14H13N5O4/c1-8-5-3-4-6-18(8)13-15-10-11(16-13)17(2)14(23)19(12(10)22)7-9(20)21/h3-6H,7H2,1-2H3,(H-,15,16,20,21,22). The summed E-state index contributed by atoms with van der Waals surface area (Å²) < 4.78 is 3.44. The fraction of sp³-hybridized carbons (Fsp3) is 0.214. The molecule has 23 heavy (non-hydrogen) atoms. The minimum Gasteiger partial charge on any atom is -0.548 e. The molecule has 0 aliphatic heterocycles. The Morgan fingerprint density at radius 3 is 2.78 bits per heavy atom. The van der Waals surface area contributed by atoms with Gasteiger partial charge in [-0.15, -0.1) is 0 Å².